The van der Waals surface area contributed by atoms with Crippen molar-refractivity contribution in [1.82, 2.24) is 25.1 Å². The first-order valence-corrected chi connectivity index (χ1v) is 15.8. The van der Waals surface area contributed by atoms with E-state index >= 15 is 0 Å². The minimum Gasteiger partial charge on any atom is -0.349 e. The van der Waals surface area contributed by atoms with Crippen LogP contribution in [0.15, 0.2) is 114 Å². The minimum atomic E-state index is -0.0525. The van der Waals surface area contributed by atoms with Gasteiger partial charge in [-0.05, 0) is 48.9 Å². The molecule has 4 aromatic carbocycles. The van der Waals surface area contributed by atoms with E-state index < -0.39 is 0 Å². The Morgan fingerprint density at radius 3 is 2.33 bits per heavy atom. The van der Waals surface area contributed by atoms with Gasteiger partial charge in [-0.3, -0.25) is 4.79 Å². The van der Waals surface area contributed by atoms with Gasteiger partial charge < -0.3 is 9.88 Å². The minimum absolute atomic E-state index is 0.0525. The first-order chi connectivity index (χ1) is 21.1. The normalized spacial score (nSPS) is 12.0. The second kappa shape index (κ2) is 13.7. The van der Waals surface area contributed by atoms with Gasteiger partial charge in [0.25, 0.3) is 0 Å². The van der Waals surface area contributed by atoms with Gasteiger partial charge in [-0.1, -0.05) is 120 Å². The predicted octanol–water partition coefficient (Wildman–Crippen LogP) is 7.70. The molecule has 2 aromatic heterocycles. The standard InChI is InChI=1S/C36H35N5OS/c1-26-19-21-28(22-20-26)25-41-32-17-9-8-16-30(32)34-35(41)38-36(40-39-34)43-23-11-10-18-33(42)37-31(29-14-6-3-7-15-29)24-27-12-4-2-5-13-27/h2-9,12-17,19-22,31H,10-11,18,23-25H2,1H3,(H,37,42). The summed E-state index contributed by atoms with van der Waals surface area (Å²) < 4.78 is 2.23. The van der Waals surface area contributed by atoms with Crippen LogP contribution in [0.1, 0.15) is 47.6 Å². The van der Waals surface area contributed by atoms with E-state index in [2.05, 4.69) is 93.7 Å². The summed E-state index contributed by atoms with van der Waals surface area (Å²) in [6, 6.07) is 37.4. The van der Waals surface area contributed by atoms with E-state index in [0.717, 1.165) is 59.2 Å². The number of fused-ring (bicyclic) bond motifs is 3. The molecule has 0 bridgehead atoms. The van der Waals surface area contributed by atoms with Gasteiger partial charge in [-0.2, -0.15) is 0 Å². The van der Waals surface area contributed by atoms with Gasteiger partial charge >= 0.3 is 0 Å². The summed E-state index contributed by atoms with van der Waals surface area (Å²) in [6.07, 6.45) is 2.94. The quantitative estimate of drug-likeness (QED) is 0.118. The summed E-state index contributed by atoms with van der Waals surface area (Å²) >= 11 is 1.60. The van der Waals surface area contributed by atoms with Crippen LogP contribution in [0.3, 0.4) is 0 Å². The maximum absolute atomic E-state index is 12.9. The lowest BCUT2D eigenvalue weighted by atomic mass is 9.98. The summed E-state index contributed by atoms with van der Waals surface area (Å²) in [7, 11) is 0. The third-order valence-corrected chi connectivity index (χ3v) is 8.59. The maximum atomic E-state index is 12.9. The molecule has 1 amide bonds. The zero-order chi connectivity index (χ0) is 29.4. The van der Waals surface area contributed by atoms with Crippen molar-refractivity contribution in [2.24, 2.45) is 0 Å². The molecule has 216 valence electrons. The molecule has 0 fully saturated rings. The molecule has 6 aromatic rings. The molecule has 1 atom stereocenters. The smallest absolute Gasteiger partial charge is 0.220 e. The molecule has 0 radical (unpaired) electrons. The Hall–Kier alpha value is -4.49. The molecule has 0 saturated heterocycles. The van der Waals surface area contributed by atoms with Gasteiger partial charge in [-0.15, -0.1) is 10.2 Å². The molecule has 1 N–H and O–H groups in total. The fraction of sp³-hybridized carbons (Fsp3) is 0.222. The van der Waals surface area contributed by atoms with Gasteiger partial charge in [0.2, 0.25) is 11.1 Å². The van der Waals surface area contributed by atoms with E-state index in [-0.39, 0.29) is 11.9 Å². The fourth-order valence-corrected chi connectivity index (χ4v) is 6.17. The summed E-state index contributed by atoms with van der Waals surface area (Å²) in [4.78, 5) is 17.9. The van der Waals surface area contributed by atoms with Crippen molar-refractivity contribution in [1.29, 1.82) is 0 Å². The number of nitrogens with zero attached hydrogens (tertiary/aromatic N) is 4. The van der Waals surface area contributed by atoms with Gasteiger partial charge in [0.15, 0.2) is 5.65 Å². The zero-order valence-corrected chi connectivity index (χ0v) is 25.1. The van der Waals surface area contributed by atoms with Crippen molar-refractivity contribution >= 4 is 39.7 Å². The molecule has 2 heterocycles. The first kappa shape index (κ1) is 28.6. The number of carbonyl (C=O) groups excluding carboxylic acids is 1. The molecule has 0 aliphatic rings. The highest BCUT2D eigenvalue weighted by molar-refractivity contribution is 7.99. The summed E-state index contributed by atoms with van der Waals surface area (Å²) in [6.45, 7) is 2.82. The average Bonchev–Trinajstić information content (AvgIpc) is 3.35. The number of benzene rings is 4. The number of hydrogen-bond acceptors (Lipinski definition) is 5. The molecule has 0 spiro atoms. The second-order valence-corrected chi connectivity index (χ2v) is 11.9. The number of thioether (sulfide) groups is 1. The number of nitrogens with one attached hydrogen (secondary N) is 1. The molecule has 6 rings (SSSR count). The van der Waals surface area contributed by atoms with Gasteiger partial charge in [-0.25, -0.2) is 4.98 Å². The predicted molar refractivity (Wildman–Crippen MR) is 175 cm³/mol. The fourth-order valence-electron chi connectivity index (χ4n) is 5.39. The monoisotopic (exact) mass is 585 g/mol. The number of hydrogen-bond donors (Lipinski definition) is 1. The maximum Gasteiger partial charge on any atom is 0.220 e. The molecule has 6 nitrogen and oxygen atoms in total. The van der Waals surface area contributed by atoms with E-state index in [0.29, 0.717) is 11.6 Å². The van der Waals surface area contributed by atoms with Crippen molar-refractivity contribution in [2.75, 3.05) is 5.75 Å². The lowest BCUT2D eigenvalue weighted by Gasteiger charge is -2.19. The number of carbonyl (C=O) groups is 1. The number of amides is 1. The summed E-state index contributed by atoms with van der Waals surface area (Å²) in [5, 5.41) is 14.0. The lowest BCUT2D eigenvalue weighted by Crippen LogP contribution is -2.29. The Balaban J connectivity index is 1.07. The third kappa shape index (κ3) is 7.12. The molecule has 0 aliphatic carbocycles. The molecule has 0 saturated carbocycles. The number of rotatable bonds is 12. The Labute approximate surface area is 256 Å². The topological polar surface area (TPSA) is 72.7 Å². The Morgan fingerprint density at radius 2 is 1.53 bits per heavy atom. The van der Waals surface area contributed by atoms with Crippen LogP contribution < -0.4 is 5.32 Å². The molecule has 43 heavy (non-hydrogen) atoms. The van der Waals surface area contributed by atoms with Crippen LogP contribution in [0.4, 0.5) is 0 Å². The highest BCUT2D eigenvalue weighted by Gasteiger charge is 2.17. The second-order valence-electron chi connectivity index (χ2n) is 10.9. The summed E-state index contributed by atoms with van der Waals surface area (Å²) in [5.41, 5.74) is 7.57. The third-order valence-electron chi connectivity index (χ3n) is 7.66. The molecular formula is C36H35N5OS. The zero-order valence-electron chi connectivity index (χ0n) is 24.3. The molecule has 0 aliphatic heterocycles. The van der Waals surface area contributed by atoms with Gasteiger partial charge in [0.1, 0.15) is 5.52 Å². The highest BCUT2D eigenvalue weighted by Crippen LogP contribution is 2.28. The van der Waals surface area contributed by atoms with Crippen LogP contribution in [-0.2, 0) is 17.8 Å². The lowest BCUT2D eigenvalue weighted by molar-refractivity contribution is -0.121. The van der Waals surface area contributed by atoms with Crippen molar-refractivity contribution < 1.29 is 4.79 Å². The number of aryl methyl sites for hydroxylation is 1. The van der Waals surface area contributed by atoms with Gasteiger partial charge in [0.05, 0.1) is 11.6 Å². The summed E-state index contributed by atoms with van der Waals surface area (Å²) in [5.74, 6) is 0.903. The Bertz CT molecular complexity index is 1800. The van der Waals surface area contributed by atoms with Crippen molar-refractivity contribution in [3.63, 3.8) is 0 Å². The number of unbranched alkanes of at least 4 members (excludes halogenated alkanes) is 1. The van der Waals surface area contributed by atoms with Crippen molar-refractivity contribution in [2.45, 2.75) is 50.4 Å². The van der Waals surface area contributed by atoms with Crippen LogP contribution in [0.2, 0.25) is 0 Å². The van der Waals surface area contributed by atoms with E-state index in [1.807, 2.05) is 42.5 Å². The Kier molecular flexibility index (Phi) is 9.09. The van der Waals surface area contributed by atoms with Crippen molar-refractivity contribution in [3.05, 3.63) is 131 Å². The number of aromatic nitrogens is 4. The van der Waals surface area contributed by atoms with E-state index in [4.69, 9.17) is 4.98 Å². The number of para-hydroxylation sites is 1. The Morgan fingerprint density at radius 1 is 0.814 bits per heavy atom. The average molecular weight is 586 g/mol. The van der Waals surface area contributed by atoms with Crippen LogP contribution in [0, 0.1) is 6.92 Å². The molecule has 7 heteroatoms. The molecular weight excluding hydrogens is 550 g/mol. The van der Waals surface area contributed by atoms with Crippen LogP contribution in [0.5, 0.6) is 0 Å². The molecule has 1 unspecified atom stereocenters. The van der Waals surface area contributed by atoms with E-state index in [1.54, 1.807) is 11.8 Å². The van der Waals surface area contributed by atoms with Gasteiger partial charge in [0, 0.05) is 24.1 Å². The van der Waals surface area contributed by atoms with Crippen LogP contribution in [0.25, 0.3) is 22.1 Å². The van der Waals surface area contributed by atoms with Crippen molar-refractivity contribution in [3.8, 4) is 0 Å². The largest absolute Gasteiger partial charge is 0.349 e. The van der Waals surface area contributed by atoms with Crippen LogP contribution in [-0.4, -0.2) is 31.4 Å². The first-order valence-electron chi connectivity index (χ1n) is 14.8. The van der Waals surface area contributed by atoms with Crippen LogP contribution >= 0.6 is 11.8 Å². The highest BCUT2D eigenvalue weighted by atomic mass is 32.2. The van der Waals surface area contributed by atoms with E-state index in [1.165, 1.54) is 16.7 Å². The SMILES string of the molecule is Cc1ccc(Cn2c3ccccc3c3nnc(SCCCCC(=O)NC(Cc4ccccc4)c4ccccc4)nc32)cc1. The van der Waals surface area contributed by atoms with E-state index in [9.17, 15) is 4.79 Å².